The lowest BCUT2D eigenvalue weighted by molar-refractivity contribution is -0.0881. The molecule has 0 aliphatic heterocycles. The highest BCUT2D eigenvalue weighted by atomic mass is 19.4. The minimum absolute atomic E-state index is 0.381. The van der Waals surface area contributed by atoms with Crippen LogP contribution in [0.1, 0.15) is 0 Å². The standard InChI is InChI=1S/C10H8F3N/c1-3-14(2)9-6-4-5-8(7-9)10(11,12)13/h3,6-7H,1H2,2H3. The Bertz CT molecular complexity index is 375. The van der Waals surface area contributed by atoms with Crippen molar-refractivity contribution in [1.82, 2.24) is 4.90 Å². The third-order valence-corrected chi connectivity index (χ3v) is 1.71. The molecule has 0 atom stereocenters. The molecule has 0 saturated carbocycles. The van der Waals surface area contributed by atoms with Gasteiger partial charge in [-0.3, -0.25) is 0 Å². The van der Waals surface area contributed by atoms with Crippen LogP contribution in [0, 0.1) is 0 Å². The third kappa shape index (κ3) is 2.19. The summed E-state index contributed by atoms with van der Waals surface area (Å²) in [7, 11) is 1.61. The first-order valence-corrected chi connectivity index (χ1v) is 3.81. The monoisotopic (exact) mass is 199 g/mol. The highest BCUT2D eigenvalue weighted by Crippen LogP contribution is 2.28. The van der Waals surface area contributed by atoms with Crippen LogP contribution in [0.15, 0.2) is 47.7 Å². The first-order chi connectivity index (χ1) is 6.45. The first kappa shape index (κ1) is 10.5. The lowest BCUT2D eigenvalue weighted by atomic mass is 10.1. The smallest absolute Gasteiger partial charge is 0.351 e. The molecule has 0 unspecified atom stereocenters. The normalized spacial score (nSPS) is 14.9. The molecule has 1 rings (SSSR count). The van der Waals surface area contributed by atoms with Gasteiger partial charge in [-0.05, 0) is 12.3 Å². The summed E-state index contributed by atoms with van der Waals surface area (Å²) in [5.74, 6) is 0. The van der Waals surface area contributed by atoms with E-state index >= 15 is 0 Å². The molecule has 0 amide bonds. The van der Waals surface area contributed by atoms with Gasteiger partial charge in [-0.15, -0.1) is 0 Å². The molecule has 74 valence electrons. The van der Waals surface area contributed by atoms with E-state index in [1.165, 1.54) is 17.2 Å². The summed E-state index contributed by atoms with van der Waals surface area (Å²) in [6.45, 7) is 3.45. The van der Waals surface area contributed by atoms with Gasteiger partial charge in [0.2, 0.25) is 0 Å². The maximum atomic E-state index is 12.2. The highest BCUT2D eigenvalue weighted by molar-refractivity contribution is 5.35. The fourth-order valence-electron chi connectivity index (χ4n) is 0.875. The summed E-state index contributed by atoms with van der Waals surface area (Å²) in [6.07, 6.45) is -0.549. The van der Waals surface area contributed by atoms with Crippen LogP contribution in [-0.4, -0.2) is 18.1 Å². The van der Waals surface area contributed by atoms with Gasteiger partial charge in [0.05, 0.1) is 5.70 Å². The molecule has 0 aromatic heterocycles. The molecule has 0 fully saturated rings. The van der Waals surface area contributed by atoms with Gasteiger partial charge in [0.15, 0.2) is 0 Å². The number of likely N-dealkylation sites (N-methyl/N-ethyl adjacent to an activating group) is 1. The SMILES string of the molecule is C=CN(C)C1=CC(C(F)(F)F)=C=C=C1. The quantitative estimate of drug-likeness (QED) is 0.618. The van der Waals surface area contributed by atoms with E-state index < -0.39 is 11.7 Å². The molecule has 0 bridgehead atoms. The minimum Gasteiger partial charge on any atom is -0.351 e. The van der Waals surface area contributed by atoms with E-state index in [9.17, 15) is 13.2 Å². The zero-order chi connectivity index (χ0) is 10.8. The van der Waals surface area contributed by atoms with E-state index in [1.807, 2.05) is 5.73 Å². The Morgan fingerprint density at radius 2 is 2.14 bits per heavy atom. The van der Waals surface area contributed by atoms with Crippen molar-refractivity contribution in [2.45, 2.75) is 6.18 Å². The fourth-order valence-corrected chi connectivity index (χ4v) is 0.875. The molecule has 1 aliphatic rings. The number of hydrogen-bond acceptors (Lipinski definition) is 1. The predicted octanol–water partition coefficient (Wildman–Crippen LogP) is 2.76. The van der Waals surface area contributed by atoms with Crippen molar-refractivity contribution < 1.29 is 13.2 Å². The number of rotatable bonds is 2. The van der Waals surface area contributed by atoms with Crippen LogP contribution in [-0.2, 0) is 0 Å². The Morgan fingerprint density at radius 1 is 1.50 bits per heavy atom. The van der Waals surface area contributed by atoms with Gasteiger partial charge in [-0.25, -0.2) is 0 Å². The van der Waals surface area contributed by atoms with Crippen molar-refractivity contribution >= 4 is 0 Å². The van der Waals surface area contributed by atoms with Crippen molar-refractivity contribution in [2.75, 3.05) is 7.05 Å². The summed E-state index contributed by atoms with van der Waals surface area (Å²) in [6, 6.07) is 0. The minimum atomic E-state index is -4.38. The highest BCUT2D eigenvalue weighted by Gasteiger charge is 2.33. The molecule has 0 N–H and O–H groups in total. The van der Waals surface area contributed by atoms with Crippen LogP contribution in [0.4, 0.5) is 13.2 Å². The molecular weight excluding hydrogens is 191 g/mol. The number of allylic oxidation sites excluding steroid dienone is 3. The zero-order valence-electron chi connectivity index (χ0n) is 7.52. The van der Waals surface area contributed by atoms with E-state index in [2.05, 4.69) is 12.3 Å². The van der Waals surface area contributed by atoms with E-state index in [0.717, 1.165) is 6.08 Å². The van der Waals surface area contributed by atoms with E-state index in [-0.39, 0.29) is 0 Å². The molecule has 4 heteroatoms. The van der Waals surface area contributed by atoms with Gasteiger partial charge in [0.25, 0.3) is 0 Å². The molecule has 1 aliphatic carbocycles. The largest absolute Gasteiger partial charge is 0.424 e. The zero-order valence-corrected chi connectivity index (χ0v) is 7.52. The number of nitrogens with zero attached hydrogens (tertiary/aromatic N) is 1. The van der Waals surface area contributed by atoms with Crippen LogP contribution < -0.4 is 0 Å². The van der Waals surface area contributed by atoms with Gasteiger partial charge in [0, 0.05) is 13.1 Å². The second-order valence-electron chi connectivity index (χ2n) is 2.69. The maximum absolute atomic E-state index is 12.2. The van der Waals surface area contributed by atoms with Gasteiger partial charge >= 0.3 is 6.18 Å². The van der Waals surface area contributed by atoms with Crippen molar-refractivity contribution in [3.8, 4) is 0 Å². The van der Waals surface area contributed by atoms with Crippen molar-refractivity contribution in [3.05, 3.63) is 47.7 Å². The van der Waals surface area contributed by atoms with Crippen LogP contribution in [0.2, 0.25) is 0 Å². The van der Waals surface area contributed by atoms with Gasteiger partial charge in [-0.2, -0.15) is 13.2 Å². The van der Waals surface area contributed by atoms with Crippen molar-refractivity contribution in [3.63, 3.8) is 0 Å². The summed E-state index contributed by atoms with van der Waals surface area (Å²) >= 11 is 0. The summed E-state index contributed by atoms with van der Waals surface area (Å²) < 4.78 is 36.7. The molecule has 0 spiro atoms. The van der Waals surface area contributed by atoms with E-state index in [4.69, 9.17) is 0 Å². The number of halogens is 3. The lowest BCUT2D eigenvalue weighted by Crippen LogP contribution is -2.14. The Kier molecular flexibility index (Phi) is 2.70. The Balaban J connectivity index is 3.04. The average molecular weight is 199 g/mol. The average Bonchev–Trinajstić information content (AvgIpc) is 2.15. The summed E-state index contributed by atoms with van der Waals surface area (Å²) in [5.41, 5.74) is 3.88. The van der Waals surface area contributed by atoms with Crippen LogP contribution >= 0.6 is 0 Å². The lowest BCUT2D eigenvalue weighted by Gasteiger charge is -2.16. The van der Waals surface area contributed by atoms with Crippen LogP contribution in [0.3, 0.4) is 0 Å². The van der Waals surface area contributed by atoms with Crippen LogP contribution in [0.5, 0.6) is 0 Å². The van der Waals surface area contributed by atoms with Crippen LogP contribution in [0.25, 0.3) is 0 Å². The second kappa shape index (κ2) is 3.62. The number of hydrogen-bond donors (Lipinski definition) is 0. The van der Waals surface area contributed by atoms with E-state index in [1.54, 1.807) is 7.05 Å². The molecular formula is C10H8F3N. The predicted molar refractivity (Wildman–Crippen MR) is 47.2 cm³/mol. The van der Waals surface area contributed by atoms with Crippen molar-refractivity contribution in [1.29, 1.82) is 0 Å². The fraction of sp³-hybridized carbons (Fsp3) is 0.200. The molecule has 0 saturated heterocycles. The summed E-state index contributed by atoms with van der Waals surface area (Å²) in [5, 5.41) is 0. The molecule has 0 aromatic carbocycles. The molecule has 0 heterocycles. The van der Waals surface area contributed by atoms with Gasteiger partial charge in [-0.1, -0.05) is 18.0 Å². The molecule has 0 radical (unpaired) electrons. The maximum Gasteiger partial charge on any atom is 0.424 e. The summed E-state index contributed by atoms with van der Waals surface area (Å²) in [4.78, 5) is 1.47. The molecule has 1 nitrogen and oxygen atoms in total. The van der Waals surface area contributed by atoms with E-state index in [0.29, 0.717) is 5.70 Å². The van der Waals surface area contributed by atoms with Gasteiger partial charge in [0.1, 0.15) is 5.57 Å². The second-order valence-corrected chi connectivity index (χ2v) is 2.69. The van der Waals surface area contributed by atoms with Gasteiger partial charge < -0.3 is 4.90 Å². The Hall–Kier alpha value is -1.63. The van der Waals surface area contributed by atoms with Crippen molar-refractivity contribution in [2.24, 2.45) is 0 Å². The molecule has 0 aromatic rings. The third-order valence-electron chi connectivity index (χ3n) is 1.71. The topological polar surface area (TPSA) is 3.24 Å². The number of alkyl halides is 3. The molecule has 14 heavy (non-hydrogen) atoms. The Morgan fingerprint density at radius 3 is 2.64 bits per heavy atom. The Labute approximate surface area is 79.8 Å². The first-order valence-electron chi connectivity index (χ1n) is 3.81.